The number of Topliss-reactive ketones (excluding diaryl/α,β-unsaturated/α-hetero) is 2. The molecular weight excluding hydrogens is 576 g/mol. The molecule has 11 nitrogen and oxygen atoms in total. The molecule has 3 aliphatic carbocycles. The fraction of sp³-hybridized carbons (Fsp3) is 0.382. The minimum atomic E-state index is -2.69. The predicted octanol–water partition coefficient (Wildman–Crippen LogP) is 1.67. The summed E-state index contributed by atoms with van der Waals surface area (Å²) in [5.74, 6) is -0.823. The fourth-order valence-corrected chi connectivity index (χ4v) is 7.01. The molecule has 4 atom stereocenters. The molecule has 0 heterocycles. The topological polar surface area (TPSA) is 168 Å². The number of anilines is 1. The molecular formula is C34H38N4O7. The number of ketones is 2. The zero-order chi connectivity index (χ0) is 33.0. The number of rotatable bonds is 6. The van der Waals surface area contributed by atoms with E-state index in [4.69, 9.17) is 5.73 Å². The average molecular weight is 615 g/mol. The van der Waals surface area contributed by atoms with Crippen LogP contribution < -0.4 is 10.6 Å². The largest absolute Gasteiger partial charge is 0.510 e. The number of phenols is 1. The lowest BCUT2D eigenvalue weighted by molar-refractivity contribution is -0.148. The molecule has 0 fully saturated rings. The maximum atomic E-state index is 14.2. The third-order valence-corrected chi connectivity index (χ3v) is 9.05. The minimum Gasteiger partial charge on any atom is -0.510 e. The number of hydrogen-bond donors (Lipinski definition) is 5. The average Bonchev–Trinajstić information content (AvgIpc) is 2.96. The van der Waals surface area contributed by atoms with Gasteiger partial charge < -0.3 is 31.1 Å². The Morgan fingerprint density at radius 2 is 1.73 bits per heavy atom. The molecule has 0 spiro atoms. The number of benzene rings is 2. The van der Waals surface area contributed by atoms with E-state index in [1.165, 1.54) is 4.90 Å². The van der Waals surface area contributed by atoms with Crippen molar-refractivity contribution in [2.24, 2.45) is 17.6 Å². The lowest BCUT2D eigenvalue weighted by Crippen LogP contribution is -2.63. The molecule has 3 aliphatic rings. The first-order valence-corrected chi connectivity index (χ1v) is 14.6. The third kappa shape index (κ3) is 5.15. The van der Waals surface area contributed by atoms with E-state index in [1.54, 1.807) is 34.3 Å². The molecule has 0 unspecified atom stereocenters. The molecule has 2 aromatic carbocycles. The number of aliphatic hydroxyl groups is 3. The Hall–Kier alpha value is -4.63. The molecule has 2 aromatic rings. The monoisotopic (exact) mass is 614 g/mol. The van der Waals surface area contributed by atoms with Crippen molar-refractivity contribution >= 4 is 23.2 Å². The van der Waals surface area contributed by atoms with Crippen molar-refractivity contribution in [2.75, 3.05) is 46.7 Å². The Balaban J connectivity index is 1.58. The maximum Gasteiger partial charge on any atom is 0.255 e. The van der Waals surface area contributed by atoms with Crippen LogP contribution in [-0.4, -0.2) is 101 Å². The number of fused-ring (bicyclic) bond motifs is 3. The Morgan fingerprint density at radius 1 is 1.07 bits per heavy atom. The molecule has 0 aromatic heterocycles. The van der Waals surface area contributed by atoms with Gasteiger partial charge in [-0.1, -0.05) is 42.2 Å². The summed E-state index contributed by atoms with van der Waals surface area (Å²) in [6.07, 6.45) is 0.220. The van der Waals surface area contributed by atoms with Crippen LogP contribution in [0.2, 0.25) is 0 Å². The quantitative estimate of drug-likeness (QED) is 0.239. The first-order chi connectivity index (χ1) is 21.2. The fourth-order valence-electron chi connectivity index (χ4n) is 7.01. The van der Waals surface area contributed by atoms with Gasteiger partial charge in [-0.3, -0.25) is 24.2 Å². The first kappa shape index (κ1) is 31.8. The van der Waals surface area contributed by atoms with Crippen LogP contribution in [-0.2, 0) is 22.6 Å². The smallest absolute Gasteiger partial charge is 0.255 e. The summed E-state index contributed by atoms with van der Waals surface area (Å²) >= 11 is 0. The second-order valence-corrected chi connectivity index (χ2v) is 12.5. The molecule has 1 amide bonds. The number of aliphatic hydroxyl groups excluding tert-OH is 2. The van der Waals surface area contributed by atoms with Gasteiger partial charge in [0, 0.05) is 37.8 Å². The summed E-state index contributed by atoms with van der Waals surface area (Å²) in [7, 11) is 8.72. The van der Waals surface area contributed by atoms with Gasteiger partial charge >= 0.3 is 0 Å². The summed E-state index contributed by atoms with van der Waals surface area (Å²) < 4.78 is 0. The van der Waals surface area contributed by atoms with Gasteiger partial charge in [0.25, 0.3) is 5.91 Å². The molecule has 11 heteroatoms. The van der Waals surface area contributed by atoms with E-state index in [2.05, 4.69) is 11.8 Å². The first-order valence-electron chi connectivity index (χ1n) is 14.6. The highest BCUT2D eigenvalue weighted by molar-refractivity contribution is 6.25. The summed E-state index contributed by atoms with van der Waals surface area (Å²) in [4.78, 5) is 45.3. The van der Waals surface area contributed by atoms with E-state index in [9.17, 15) is 34.8 Å². The lowest BCUT2D eigenvalue weighted by atomic mass is 9.58. The van der Waals surface area contributed by atoms with E-state index in [-0.39, 0.29) is 35.3 Å². The number of primary amides is 1. The predicted molar refractivity (Wildman–Crippen MR) is 168 cm³/mol. The van der Waals surface area contributed by atoms with E-state index in [1.807, 2.05) is 47.2 Å². The maximum absolute atomic E-state index is 14.2. The molecule has 5 rings (SSSR count). The minimum absolute atomic E-state index is 0.0225. The van der Waals surface area contributed by atoms with Gasteiger partial charge in [0.2, 0.25) is 5.78 Å². The lowest BCUT2D eigenvalue weighted by Gasteiger charge is -2.50. The van der Waals surface area contributed by atoms with Gasteiger partial charge in [0.1, 0.15) is 22.8 Å². The summed E-state index contributed by atoms with van der Waals surface area (Å²) in [6, 6.07) is 10.6. The highest BCUT2D eigenvalue weighted by atomic mass is 16.3. The summed E-state index contributed by atoms with van der Waals surface area (Å²) in [5.41, 5.74) is 4.15. The molecule has 0 saturated carbocycles. The van der Waals surface area contributed by atoms with Crippen molar-refractivity contribution in [1.29, 1.82) is 0 Å². The van der Waals surface area contributed by atoms with Crippen LogP contribution in [0.4, 0.5) is 5.69 Å². The number of carbonyl (C=O) groups is 3. The number of phenolic OH excluding ortho intramolecular Hbond substituents is 1. The van der Waals surface area contributed by atoms with Crippen LogP contribution in [0.25, 0.3) is 0 Å². The molecule has 45 heavy (non-hydrogen) atoms. The van der Waals surface area contributed by atoms with Crippen molar-refractivity contribution in [3.8, 4) is 17.6 Å². The second kappa shape index (κ2) is 11.7. The number of carbonyl (C=O) groups excluding carboxylic acids is 3. The molecule has 6 N–H and O–H groups in total. The van der Waals surface area contributed by atoms with Crippen LogP contribution in [0.5, 0.6) is 5.75 Å². The van der Waals surface area contributed by atoms with E-state index in [0.29, 0.717) is 24.3 Å². The van der Waals surface area contributed by atoms with E-state index < -0.39 is 58.0 Å². The number of allylic oxidation sites excluding steroid dienone is 1. The molecule has 0 bridgehead atoms. The van der Waals surface area contributed by atoms with E-state index in [0.717, 1.165) is 5.56 Å². The zero-order valence-electron chi connectivity index (χ0n) is 26.0. The standard InChI is InChI=1S/C34H38N4O7/c1-36(2)23-16-19(12-9-13-38(5)17-18-10-7-6-8-11-18)28(39)25-21(23)14-20-15-22-27(37(3)4)30(41)26(33(35)44)32(43)34(22,45)31(42)24(20)29(25)40/h6-8,10-11,16,20,22,27,39,41-42,45H,13-15,17H2,1-5H3,(H2,35,44)/t20-,22-,27-,34-/m0/s1. The summed E-state index contributed by atoms with van der Waals surface area (Å²) in [6.45, 7) is 1.06. The SMILES string of the molecule is CN(CC#Cc1cc(N(C)C)c2c(c1O)C(=O)C1=C(O)[C@]3(O)C(=O)C(C(N)=O)=C(O)[C@@H](N(C)C)[C@@H]3C[C@@H]1C2)Cc1ccccc1. The number of nitrogens with zero attached hydrogens (tertiary/aromatic N) is 3. The van der Waals surface area contributed by atoms with Crippen LogP contribution in [0.1, 0.15) is 33.5 Å². The van der Waals surface area contributed by atoms with Gasteiger partial charge in [0.05, 0.1) is 23.7 Å². The second-order valence-electron chi connectivity index (χ2n) is 12.5. The van der Waals surface area contributed by atoms with Crippen molar-refractivity contribution in [1.82, 2.24) is 9.80 Å². The van der Waals surface area contributed by atoms with Crippen molar-refractivity contribution < 1.29 is 34.8 Å². The van der Waals surface area contributed by atoms with Gasteiger partial charge in [-0.15, -0.1) is 0 Å². The van der Waals surface area contributed by atoms with Gasteiger partial charge in [0.15, 0.2) is 11.4 Å². The number of nitrogens with two attached hydrogens (primary N) is 1. The number of hydrogen-bond acceptors (Lipinski definition) is 10. The molecule has 236 valence electrons. The number of likely N-dealkylation sites (N-methyl/N-ethyl adjacent to an activating group) is 1. The van der Waals surface area contributed by atoms with Crippen molar-refractivity contribution in [3.05, 3.63) is 81.3 Å². The van der Waals surface area contributed by atoms with Gasteiger partial charge in [-0.25, -0.2) is 0 Å². The molecule has 0 saturated heterocycles. The molecule has 0 radical (unpaired) electrons. The Labute approximate surface area is 261 Å². The van der Waals surface area contributed by atoms with Gasteiger partial charge in [-0.05, 0) is 57.1 Å². The Morgan fingerprint density at radius 3 is 2.33 bits per heavy atom. The zero-order valence-corrected chi connectivity index (χ0v) is 26.0. The highest BCUT2D eigenvalue weighted by Crippen LogP contribution is 2.53. The van der Waals surface area contributed by atoms with Crippen LogP contribution in [0, 0.1) is 23.7 Å². The summed E-state index contributed by atoms with van der Waals surface area (Å²) in [5, 5.41) is 45.7. The van der Waals surface area contributed by atoms with Crippen LogP contribution in [0.3, 0.4) is 0 Å². The normalized spacial score (nSPS) is 24.2. The van der Waals surface area contributed by atoms with E-state index >= 15 is 0 Å². The molecule has 0 aliphatic heterocycles. The number of aromatic hydroxyl groups is 1. The van der Waals surface area contributed by atoms with Crippen molar-refractivity contribution in [2.45, 2.75) is 31.0 Å². The Bertz CT molecular complexity index is 1720. The van der Waals surface area contributed by atoms with Gasteiger partial charge in [-0.2, -0.15) is 0 Å². The van der Waals surface area contributed by atoms with Crippen molar-refractivity contribution in [3.63, 3.8) is 0 Å². The van der Waals surface area contributed by atoms with Crippen LogP contribution >= 0.6 is 0 Å². The highest BCUT2D eigenvalue weighted by Gasteiger charge is 2.63. The Kier molecular flexibility index (Phi) is 8.27. The third-order valence-electron chi connectivity index (χ3n) is 9.05. The van der Waals surface area contributed by atoms with Crippen LogP contribution in [0.15, 0.2) is 59.1 Å². The number of amides is 1.